The summed E-state index contributed by atoms with van der Waals surface area (Å²) in [6, 6.07) is 6.94. The van der Waals surface area contributed by atoms with E-state index in [9.17, 15) is 4.39 Å². The first kappa shape index (κ1) is 12.5. The van der Waals surface area contributed by atoms with Crippen LogP contribution in [-0.4, -0.2) is 26.3 Å². The van der Waals surface area contributed by atoms with Gasteiger partial charge in [0.05, 0.1) is 0 Å². The molecule has 0 unspecified atom stereocenters. The van der Waals surface area contributed by atoms with Crippen LogP contribution in [0, 0.1) is 5.82 Å². The van der Waals surface area contributed by atoms with Gasteiger partial charge in [-0.1, -0.05) is 19.1 Å². The monoisotopic (exact) mass is 237 g/mol. The Hall–Kier alpha value is -0.930. The predicted octanol–water partition coefficient (Wildman–Crippen LogP) is 2.48. The lowest BCUT2D eigenvalue weighted by Crippen LogP contribution is -2.42. The fourth-order valence-electron chi connectivity index (χ4n) is 2.50. The number of benzene rings is 1. The second-order valence-corrected chi connectivity index (χ2v) is 4.68. The highest BCUT2D eigenvalue weighted by Gasteiger charge is 2.33. The van der Waals surface area contributed by atoms with E-state index < -0.39 is 0 Å². The second kappa shape index (κ2) is 5.61. The van der Waals surface area contributed by atoms with Crippen molar-refractivity contribution in [3.05, 3.63) is 35.6 Å². The molecule has 3 heteroatoms. The van der Waals surface area contributed by atoms with Gasteiger partial charge in [-0.15, -0.1) is 0 Å². The summed E-state index contributed by atoms with van der Waals surface area (Å²) < 4.78 is 18.4. The Bertz CT molecular complexity index is 344. The standard InChI is InChI=1S/C14H20FNO/c1-2-16-11-14(7-9-17-10-8-14)12-3-5-13(15)6-4-12/h3-6,16H,2,7-11H2,1H3. The fourth-order valence-corrected chi connectivity index (χ4v) is 2.50. The molecule has 2 rings (SSSR count). The minimum Gasteiger partial charge on any atom is -0.381 e. The number of halogens is 1. The van der Waals surface area contributed by atoms with Crippen molar-refractivity contribution < 1.29 is 9.13 Å². The van der Waals surface area contributed by atoms with Crippen molar-refractivity contribution in [3.63, 3.8) is 0 Å². The average molecular weight is 237 g/mol. The van der Waals surface area contributed by atoms with Crippen LogP contribution < -0.4 is 5.32 Å². The molecular formula is C14H20FNO. The largest absolute Gasteiger partial charge is 0.381 e. The second-order valence-electron chi connectivity index (χ2n) is 4.68. The molecule has 0 atom stereocenters. The molecule has 1 N–H and O–H groups in total. The summed E-state index contributed by atoms with van der Waals surface area (Å²) in [5, 5.41) is 3.42. The molecule has 1 aromatic carbocycles. The number of nitrogens with one attached hydrogen (secondary N) is 1. The van der Waals surface area contributed by atoms with E-state index in [4.69, 9.17) is 4.74 Å². The number of hydrogen-bond acceptors (Lipinski definition) is 2. The van der Waals surface area contributed by atoms with Gasteiger partial charge < -0.3 is 10.1 Å². The Morgan fingerprint density at radius 2 is 1.88 bits per heavy atom. The molecule has 1 heterocycles. The number of rotatable bonds is 4. The molecule has 0 saturated carbocycles. The van der Waals surface area contributed by atoms with Crippen molar-refractivity contribution in [2.45, 2.75) is 25.2 Å². The Labute approximate surface area is 102 Å². The number of hydrogen-bond donors (Lipinski definition) is 1. The van der Waals surface area contributed by atoms with Gasteiger partial charge in [-0.25, -0.2) is 4.39 Å². The molecule has 1 aromatic rings. The molecule has 0 amide bonds. The molecular weight excluding hydrogens is 217 g/mol. The van der Waals surface area contributed by atoms with Gasteiger partial charge in [0.2, 0.25) is 0 Å². The van der Waals surface area contributed by atoms with E-state index in [2.05, 4.69) is 12.2 Å². The van der Waals surface area contributed by atoms with Gasteiger partial charge in [-0.3, -0.25) is 0 Å². The minimum atomic E-state index is -0.167. The zero-order valence-electron chi connectivity index (χ0n) is 10.3. The van der Waals surface area contributed by atoms with Crippen LogP contribution in [0.3, 0.4) is 0 Å². The van der Waals surface area contributed by atoms with E-state index in [1.54, 1.807) is 12.1 Å². The SMILES string of the molecule is CCNCC1(c2ccc(F)cc2)CCOCC1. The zero-order valence-corrected chi connectivity index (χ0v) is 10.3. The van der Waals surface area contributed by atoms with E-state index in [-0.39, 0.29) is 11.2 Å². The van der Waals surface area contributed by atoms with Crippen LogP contribution in [0.15, 0.2) is 24.3 Å². The maximum absolute atomic E-state index is 13.0. The van der Waals surface area contributed by atoms with Crippen LogP contribution in [-0.2, 0) is 10.2 Å². The minimum absolute atomic E-state index is 0.113. The van der Waals surface area contributed by atoms with E-state index in [1.807, 2.05) is 12.1 Å². The molecule has 0 spiro atoms. The first-order valence-electron chi connectivity index (χ1n) is 6.31. The van der Waals surface area contributed by atoms with Crippen molar-refractivity contribution >= 4 is 0 Å². The van der Waals surface area contributed by atoms with Crippen LogP contribution in [0.4, 0.5) is 4.39 Å². The maximum Gasteiger partial charge on any atom is 0.123 e. The van der Waals surface area contributed by atoms with Gasteiger partial charge in [0.1, 0.15) is 5.82 Å². The lowest BCUT2D eigenvalue weighted by Gasteiger charge is -2.38. The molecule has 0 aliphatic carbocycles. The van der Waals surface area contributed by atoms with Crippen molar-refractivity contribution in [1.82, 2.24) is 5.32 Å². The Morgan fingerprint density at radius 3 is 2.47 bits per heavy atom. The van der Waals surface area contributed by atoms with Gasteiger partial charge in [0.15, 0.2) is 0 Å². The van der Waals surface area contributed by atoms with Crippen molar-refractivity contribution in [2.24, 2.45) is 0 Å². The lowest BCUT2D eigenvalue weighted by molar-refractivity contribution is 0.0500. The highest BCUT2D eigenvalue weighted by molar-refractivity contribution is 5.27. The van der Waals surface area contributed by atoms with Crippen LogP contribution in [0.5, 0.6) is 0 Å². The summed E-state index contributed by atoms with van der Waals surface area (Å²) in [5.74, 6) is -0.167. The molecule has 0 bridgehead atoms. The summed E-state index contributed by atoms with van der Waals surface area (Å²) in [7, 11) is 0. The van der Waals surface area contributed by atoms with Crippen molar-refractivity contribution in [2.75, 3.05) is 26.3 Å². The van der Waals surface area contributed by atoms with Gasteiger partial charge >= 0.3 is 0 Å². The van der Waals surface area contributed by atoms with Gasteiger partial charge in [-0.2, -0.15) is 0 Å². The molecule has 1 aliphatic rings. The molecule has 94 valence electrons. The molecule has 2 nitrogen and oxygen atoms in total. The van der Waals surface area contributed by atoms with Gasteiger partial charge in [0, 0.05) is 25.2 Å². The molecule has 1 saturated heterocycles. The summed E-state index contributed by atoms with van der Waals surface area (Å²) >= 11 is 0. The van der Waals surface area contributed by atoms with Crippen LogP contribution in [0.25, 0.3) is 0 Å². The van der Waals surface area contributed by atoms with Crippen LogP contribution in [0.2, 0.25) is 0 Å². The summed E-state index contributed by atoms with van der Waals surface area (Å²) in [4.78, 5) is 0. The zero-order chi connectivity index (χ0) is 12.1. The maximum atomic E-state index is 13.0. The Kier molecular flexibility index (Phi) is 4.13. The summed E-state index contributed by atoms with van der Waals surface area (Å²) in [6.45, 7) is 5.60. The van der Waals surface area contributed by atoms with Gasteiger partial charge in [0.25, 0.3) is 0 Å². The predicted molar refractivity (Wildman–Crippen MR) is 66.7 cm³/mol. The number of ether oxygens (including phenoxy) is 1. The molecule has 17 heavy (non-hydrogen) atoms. The lowest BCUT2D eigenvalue weighted by atomic mass is 9.74. The fraction of sp³-hybridized carbons (Fsp3) is 0.571. The topological polar surface area (TPSA) is 21.3 Å². The first-order chi connectivity index (χ1) is 8.27. The third-order valence-corrected chi connectivity index (χ3v) is 3.62. The quantitative estimate of drug-likeness (QED) is 0.868. The molecule has 0 aromatic heterocycles. The third-order valence-electron chi connectivity index (χ3n) is 3.62. The first-order valence-corrected chi connectivity index (χ1v) is 6.31. The summed E-state index contributed by atoms with van der Waals surface area (Å²) in [5.41, 5.74) is 1.34. The third kappa shape index (κ3) is 2.85. The highest BCUT2D eigenvalue weighted by atomic mass is 19.1. The highest BCUT2D eigenvalue weighted by Crippen LogP contribution is 2.34. The van der Waals surface area contributed by atoms with Crippen molar-refractivity contribution in [1.29, 1.82) is 0 Å². The molecule has 1 fully saturated rings. The number of likely N-dealkylation sites (N-methyl/N-ethyl adjacent to an activating group) is 1. The Morgan fingerprint density at radius 1 is 1.24 bits per heavy atom. The summed E-state index contributed by atoms with van der Waals surface area (Å²) in [6.07, 6.45) is 2.01. The van der Waals surface area contributed by atoms with Crippen LogP contribution in [0.1, 0.15) is 25.3 Å². The van der Waals surface area contributed by atoms with E-state index in [0.29, 0.717) is 0 Å². The van der Waals surface area contributed by atoms with E-state index >= 15 is 0 Å². The van der Waals surface area contributed by atoms with E-state index in [1.165, 1.54) is 5.56 Å². The smallest absolute Gasteiger partial charge is 0.123 e. The van der Waals surface area contributed by atoms with Crippen molar-refractivity contribution in [3.8, 4) is 0 Å². The molecule has 0 radical (unpaired) electrons. The van der Waals surface area contributed by atoms with Gasteiger partial charge in [-0.05, 0) is 37.1 Å². The normalized spacial score (nSPS) is 19.2. The molecule has 1 aliphatic heterocycles. The average Bonchev–Trinajstić information content (AvgIpc) is 2.38. The van der Waals surface area contributed by atoms with E-state index in [0.717, 1.165) is 39.1 Å². The van der Waals surface area contributed by atoms with Crippen LogP contribution >= 0.6 is 0 Å². The Balaban J connectivity index is 2.21.